The Bertz CT molecular complexity index is 1220. The van der Waals surface area contributed by atoms with Gasteiger partial charge in [0, 0.05) is 48.6 Å². The molecule has 1 N–H and O–H groups in total. The van der Waals surface area contributed by atoms with Crippen LogP contribution in [0.1, 0.15) is 48.0 Å². The van der Waals surface area contributed by atoms with Crippen LogP contribution < -0.4 is 15.1 Å². The van der Waals surface area contributed by atoms with E-state index in [4.69, 9.17) is 14.7 Å². The molecule has 36 heavy (non-hydrogen) atoms. The van der Waals surface area contributed by atoms with Crippen LogP contribution in [0.4, 0.5) is 17.5 Å². The van der Waals surface area contributed by atoms with Gasteiger partial charge in [-0.2, -0.15) is 4.98 Å². The smallest absolute Gasteiger partial charge is 0.251 e. The van der Waals surface area contributed by atoms with Gasteiger partial charge in [0.1, 0.15) is 5.82 Å². The number of benzene rings is 1. The number of nitrogens with one attached hydrogen (secondary N) is 1. The number of aromatic nitrogens is 3. The van der Waals surface area contributed by atoms with Crippen molar-refractivity contribution in [1.29, 1.82) is 0 Å². The van der Waals surface area contributed by atoms with Crippen LogP contribution in [-0.2, 0) is 11.2 Å². The zero-order valence-corrected chi connectivity index (χ0v) is 20.5. The molecule has 2 aromatic heterocycles. The standard InChI is InChI=1S/C28H32N6O2/c35-27(30-22-8-2-1-3-9-22)21-7-4-6-20(18-21)25-24-11-13-34(23-10-5-12-29-19-23)26(24)32-28(31-25)33-14-16-36-17-15-33/h4-7,10,12,18-19,22H,1-3,8-9,11,13-17H2,(H,30,35). The number of anilines is 3. The highest BCUT2D eigenvalue weighted by Gasteiger charge is 2.29. The fourth-order valence-electron chi connectivity index (χ4n) is 5.48. The Morgan fingerprint density at radius 3 is 2.67 bits per heavy atom. The Hall–Kier alpha value is -3.52. The molecule has 0 spiro atoms. The topological polar surface area (TPSA) is 83.5 Å². The van der Waals surface area contributed by atoms with Gasteiger partial charge in [-0.05, 0) is 43.5 Å². The summed E-state index contributed by atoms with van der Waals surface area (Å²) in [6, 6.07) is 12.2. The molecule has 1 saturated carbocycles. The lowest BCUT2D eigenvalue weighted by Crippen LogP contribution is -2.37. The number of hydrogen-bond donors (Lipinski definition) is 1. The van der Waals surface area contributed by atoms with Crippen molar-refractivity contribution in [2.45, 2.75) is 44.6 Å². The molecule has 1 saturated heterocycles. The van der Waals surface area contributed by atoms with E-state index in [1.54, 1.807) is 6.20 Å². The van der Waals surface area contributed by atoms with Crippen LogP contribution in [0.5, 0.6) is 0 Å². The van der Waals surface area contributed by atoms with Crippen LogP contribution in [0, 0.1) is 0 Å². The first-order chi connectivity index (χ1) is 17.8. The third-order valence-corrected chi connectivity index (χ3v) is 7.40. The van der Waals surface area contributed by atoms with Crippen molar-refractivity contribution in [1.82, 2.24) is 20.3 Å². The van der Waals surface area contributed by atoms with Crippen molar-refractivity contribution < 1.29 is 9.53 Å². The summed E-state index contributed by atoms with van der Waals surface area (Å²) < 4.78 is 5.56. The minimum absolute atomic E-state index is 0.000147. The highest BCUT2D eigenvalue weighted by molar-refractivity contribution is 5.95. The fraction of sp³-hybridized carbons (Fsp3) is 0.429. The summed E-state index contributed by atoms with van der Waals surface area (Å²) in [5.74, 6) is 1.63. The molecule has 6 rings (SSSR count). The highest BCUT2D eigenvalue weighted by Crippen LogP contribution is 2.39. The van der Waals surface area contributed by atoms with Crippen molar-refractivity contribution >= 4 is 23.4 Å². The Balaban J connectivity index is 1.37. The van der Waals surface area contributed by atoms with Gasteiger partial charge in [0.15, 0.2) is 0 Å². The number of morpholine rings is 1. The first-order valence-electron chi connectivity index (χ1n) is 13.1. The van der Waals surface area contributed by atoms with Crippen LogP contribution in [0.2, 0.25) is 0 Å². The van der Waals surface area contributed by atoms with Gasteiger partial charge in [0.25, 0.3) is 5.91 Å². The van der Waals surface area contributed by atoms with Gasteiger partial charge in [-0.25, -0.2) is 4.98 Å². The monoisotopic (exact) mass is 484 g/mol. The summed E-state index contributed by atoms with van der Waals surface area (Å²) in [6.07, 6.45) is 10.3. The Morgan fingerprint density at radius 2 is 1.86 bits per heavy atom. The number of carbonyl (C=O) groups excluding carboxylic acids is 1. The van der Waals surface area contributed by atoms with E-state index in [1.165, 1.54) is 19.3 Å². The zero-order chi connectivity index (χ0) is 24.3. The molecule has 3 aliphatic rings. The summed E-state index contributed by atoms with van der Waals surface area (Å²) in [6.45, 7) is 3.67. The van der Waals surface area contributed by atoms with Crippen LogP contribution in [0.25, 0.3) is 11.3 Å². The maximum absolute atomic E-state index is 13.1. The number of hydrogen-bond acceptors (Lipinski definition) is 7. The molecule has 186 valence electrons. The van der Waals surface area contributed by atoms with Crippen molar-refractivity contribution in [3.63, 3.8) is 0 Å². The van der Waals surface area contributed by atoms with E-state index in [-0.39, 0.29) is 11.9 Å². The predicted octanol–water partition coefficient (Wildman–Crippen LogP) is 4.13. The van der Waals surface area contributed by atoms with Gasteiger partial charge in [0.05, 0.1) is 30.8 Å². The summed E-state index contributed by atoms with van der Waals surface area (Å²) in [5, 5.41) is 3.25. The summed E-state index contributed by atoms with van der Waals surface area (Å²) in [5.41, 5.74) is 4.67. The first kappa shape index (κ1) is 22.9. The molecule has 2 aliphatic heterocycles. The van der Waals surface area contributed by atoms with E-state index in [2.05, 4.69) is 32.2 Å². The van der Waals surface area contributed by atoms with Gasteiger partial charge in [-0.3, -0.25) is 9.78 Å². The maximum Gasteiger partial charge on any atom is 0.251 e. The maximum atomic E-state index is 13.1. The van der Waals surface area contributed by atoms with E-state index in [0.717, 1.165) is 67.2 Å². The van der Waals surface area contributed by atoms with E-state index < -0.39 is 0 Å². The van der Waals surface area contributed by atoms with Gasteiger partial charge >= 0.3 is 0 Å². The molecule has 2 fully saturated rings. The first-order valence-corrected chi connectivity index (χ1v) is 13.1. The summed E-state index contributed by atoms with van der Waals surface area (Å²) in [7, 11) is 0. The van der Waals surface area contributed by atoms with Gasteiger partial charge < -0.3 is 19.9 Å². The third kappa shape index (κ3) is 4.65. The molecule has 3 aromatic rings. The zero-order valence-electron chi connectivity index (χ0n) is 20.5. The lowest BCUT2D eigenvalue weighted by Gasteiger charge is -2.28. The SMILES string of the molecule is O=C(NC1CCCCC1)c1cccc(-c2nc(N3CCOCC3)nc3c2CCN3c2cccnc2)c1. The average Bonchev–Trinajstić information content (AvgIpc) is 3.38. The number of amides is 1. The molecule has 1 aromatic carbocycles. The molecule has 0 atom stereocenters. The minimum Gasteiger partial charge on any atom is -0.378 e. The molecule has 0 bridgehead atoms. The Kier molecular flexibility index (Phi) is 6.51. The van der Waals surface area contributed by atoms with E-state index >= 15 is 0 Å². The highest BCUT2D eigenvalue weighted by atomic mass is 16.5. The average molecular weight is 485 g/mol. The van der Waals surface area contributed by atoms with Crippen LogP contribution >= 0.6 is 0 Å². The molecule has 8 nitrogen and oxygen atoms in total. The van der Waals surface area contributed by atoms with Crippen molar-refractivity contribution in [2.24, 2.45) is 0 Å². The summed E-state index contributed by atoms with van der Waals surface area (Å²) in [4.78, 5) is 31.9. The molecule has 8 heteroatoms. The lowest BCUT2D eigenvalue weighted by molar-refractivity contribution is 0.0927. The molecule has 1 aliphatic carbocycles. The largest absolute Gasteiger partial charge is 0.378 e. The quantitative estimate of drug-likeness (QED) is 0.583. The van der Waals surface area contributed by atoms with Crippen molar-refractivity contribution in [3.05, 3.63) is 59.9 Å². The van der Waals surface area contributed by atoms with E-state index in [0.29, 0.717) is 24.7 Å². The summed E-state index contributed by atoms with van der Waals surface area (Å²) >= 11 is 0. The van der Waals surface area contributed by atoms with Gasteiger partial charge in [-0.1, -0.05) is 31.4 Å². The molecule has 0 radical (unpaired) electrons. The molecule has 4 heterocycles. The number of pyridine rings is 1. The van der Waals surface area contributed by atoms with E-state index in [9.17, 15) is 4.79 Å². The number of nitrogens with zero attached hydrogens (tertiary/aromatic N) is 5. The van der Waals surface area contributed by atoms with Crippen LogP contribution in [0.3, 0.4) is 0 Å². The second-order valence-electron chi connectivity index (χ2n) is 9.78. The Labute approximate surface area is 211 Å². The number of ether oxygens (including phenoxy) is 1. The molecule has 0 unspecified atom stereocenters. The molecular weight excluding hydrogens is 452 g/mol. The predicted molar refractivity (Wildman–Crippen MR) is 140 cm³/mol. The fourth-order valence-corrected chi connectivity index (χ4v) is 5.48. The van der Waals surface area contributed by atoms with Gasteiger partial charge in [-0.15, -0.1) is 0 Å². The van der Waals surface area contributed by atoms with E-state index in [1.807, 2.05) is 30.5 Å². The van der Waals surface area contributed by atoms with Crippen molar-refractivity contribution in [3.8, 4) is 11.3 Å². The normalized spacial score (nSPS) is 18.2. The van der Waals surface area contributed by atoms with Crippen molar-refractivity contribution in [2.75, 3.05) is 42.6 Å². The second kappa shape index (κ2) is 10.2. The lowest BCUT2D eigenvalue weighted by atomic mass is 9.95. The molecular formula is C28H32N6O2. The number of fused-ring (bicyclic) bond motifs is 1. The van der Waals surface area contributed by atoms with Crippen LogP contribution in [0.15, 0.2) is 48.8 Å². The Morgan fingerprint density at radius 1 is 1.00 bits per heavy atom. The van der Waals surface area contributed by atoms with Gasteiger partial charge in [0.2, 0.25) is 5.95 Å². The third-order valence-electron chi connectivity index (χ3n) is 7.40. The molecule has 1 amide bonds. The number of carbonyl (C=O) groups is 1. The minimum atomic E-state index is -0.000147. The van der Waals surface area contributed by atoms with Crippen LogP contribution in [-0.4, -0.2) is 59.7 Å². The number of rotatable bonds is 5. The second-order valence-corrected chi connectivity index (χ2v) is 9.78.